The molecule has 0 spiro atoms. The Balaban J connectivity index is 0.00000549. The third-order valence-corrected chi connectivity index (χ3v) is 20.2. The monoisotopic (exact) mass is 1540 g/mol. The molecule has 0 saturated carbocycles. The first-order chi connectivity index (χ1) is 53.5. The molecule has 20 bridgehead atoms. The van der Waals surface area contributed by atoms with Crippen LogP contribution in [-0.4, -0.2) is 91.4 Å². The van der Waals surface area contributed by atoms with Crippen LogP contribution in [0, 0.1) is 10.8 Å². The van der Waals surface area contributed by atoms with Crippen LogP contribution in [0.25, 0.3) is 22.0 Å². The summed E-state index contributed by atoms with van der Waals surface area (Å²) in [6.45, 7) is 6.36. The summed E-state index contributed by atoms with van der Waals surface area (Å²) in [4.78, 5) is 136. The smallest absolute Gasteiger partial charge is 0.677 e. The number of carbonyl (C=O) groups is 8. The minimum Gasteiger partial charge on any atom is -0.677 e. The molecular weight excluding hydrogens is 1460 g/mol. The number of para-hydroxylation sites is 4. The van der Waals surface area contributed by atoms with Gasteiger partial charge >= 0.3 is 43.4 Å². The molecule has 15 rings (SSSR count). The van der Waals surface area contributed by atoms with E-state index in [1.807, 2.05) is 103 Å². The van der Waals surface area contributed by atoms with Gasteiger partial charge in [-0.3, -0.25) is 43.3 Å². The zero-order valence-corrected chi connectivity index (χ0v) is 64.3. The van der Waals surface area contributed by atoms with Crippen LogP contribution in [0.1, 0.15) is 138 Å². The normalized spacial score (nSPS) is 19.1. The number of carbonyl (C=O) groups excluding carboxylic acids is 8. The number of nitrogens with zero attached hydrogens (tertiary/aromatic N) is 4. The molecule has 0 fully saturated rings. The number of rotatable bonds is 8. The van der Waals surface area contributed by atoms with Gasteiger partial charge < -0.3 is 50.5 Å². The second-order valence-corrected chi connectivity index (χ2v) is 27.2. The van der Waals surface area contributed by atoms with E-state index in [1.165, 1.54) is 0 Å². The Morgan fingerprint density at radius 2 is 0.768 bits per heavy atom. The molecule has 7 heterocycles. The van der Waals surface area contributed by atoms with Gasteiger partial charge in [-0.15, -0.1) is 17.1 Å². The summed E-state index contributed by atoms with van der Waals surface area (Å²) in [5.74, 6) is -6.23. The number of nitrogens with one attached hydrogen (secondary N) is 4. The van der Waals surface area contributed by atoms with Crippen molar-refractivity contribution in [2.24, 2.45) is 20.8 Å². The van der Waals surface area contributed by atoms with Crippen molar-refractivity contribution in [3.63, 3.8) is 0 Å². The Morgan fingerprint density at radius 3 is 1.18 bits per heavy atom. The van der Waals surface area contributed by atoms with Gasteiger partial charge in [-0.05, 0) is 195 Å². The molecule has 556 valence electrons. The van der Waals surface area contributed by atoms with Gasteiger partial charge in [0.15, 0.2) is 10.8 Å². The minimum absolute atomic E-state index is 0. The number of esters is 4. The van der Waals surface area contributed by atoms with Crippen molar-refractivity contribution in [2.75, 3.05) is 47.7 Å². The summed E-state index contributed by atoms with van der Waals surface area (Å²) in [5, 5.41) is 18.5. The molecule has 6 aliphatic heterocycles. The van der Waals surface area contributed by atoms with Crippen molar-refractivity contribution in [3.8, 4) is 0 Å². The Bertz CT molecular complexity index is 5560. The van der Waals surface area contributed by atoms with Crippen molar-refractivity contribution in [1.82, 2.24) is 4.98 Å². The minimum atomic E-state index is -1.99. The molecule has 1 aromatic heterocycles. The number of anilines is 4. The van der Waals surface area contributed by atoms with E-state index in [1.54, 1.807) is 167 Å². The topological polar surface area (TPSA) is 275 Å². The van der Waals surface area contributed by atoms with Crippen LogP contribution < -0.4 is 26.3 Å². The summed E-state index contributed by atoms with van der Waals surface area (Å²) >= 11 is 0. The van der Waals surface area contributed by atoms with Crippen LogP contribution in [0.15, 0.2) is 270 Å². The summed E-state index contributed by atoms with van der Waals surface area (Å²) < 4.78 is 22.9. The van der Waals surface area contributed by atoms with Gasteiger partial charge in [-0.1, -0.05) is 159 Å². The fourth-order valence-electron chi connectivity index (χ4n) is 15.2. The van der Waals surface area contributed by atoms with Gasteiger partial charge in [0.05, 0.1) is 43.5 Å². The fourth-order valence-corrected chi connectivity index (χ4v) is 15.2. The first-order valence-corrected chi connectivity index (χ1v) is 36.5. The number of allylic oxidation sites excluding steroid dienone is 6. The maximum absolute atomic E-state index is 15.2. The first-order valence-electron chi connectivity index (χ1n) is 36.5. The van der Waals surface area contributed by atoms with Crippen LogP contribution in [0.4, 0.5) is 22.7 Å². The van der Waals surface area contributed by atoms with Crippen molar-refractivity contribution in [3.05, 3.63) is 343 Å². The molecule has 0 saturated heterocycles. The molecule has 8 aromatic carbocycles. The number of ether oxygens (including phenoxy) is 4. The standard InChI is InChI=1S/C90H76N8O12.CH4.Zn/c1-5-107-85(103)89(86(104)108-6-2)49-53-21-17-25-57(45-53)81(99)95-65-33-13-9-29-61(65)77-69-37-38-70(91-69)78(62-30-10-14-34-66(62)96-82(100)58-26-18-22-54(46-58)50-89)74-42-44-76(94-74)80-64-32-12-16-36-68(64)98-84(102)60-28-20-24-56(48-60)52-90(87(105)109-7-3,88(106)110-8-4)51-55-23-19-27-59(47-55)83(101)97-67-35-15-11-31-63(67)79(71-39-40-72(80)92-71)75-43-41-73(77)93-75;;/h9-48,69,77H,5-8,49-52H2,1-4H3,(H6,91,92,93,94,95,96,97,98,99,100,101,102);1H4;/q;;+2/p-2. The second kappa shape index (κ2) is 33.1. The van der Waals surface area contributed by atoms with Crippen molar-refractivity contribution >= 4 is 98.4 Å². The fraction of sp³-hybridized carbons (Fsp3) is 0.187. The van der Waals surface area contributed by atoms with Gasteiger partial charge in [-0.2, -0.15) is 0 Å². The zero-order valence-electron chi connectivity index (χ0n) is 61.3. The summed E-state index contributed by atoms with van der Waals surface area (Å²) in [5.41, 5.74) is 6.87. The van der Waals surface area contributed by atoms with E-state index in [9.17, 15) is 19.2 Å². The number of hydrogen-bond donors (Lipinski definition) is 4. The van der Waals surface area contributed by atoms with Gasteiger partial charge in [-0.25, -0.2) is 4.99 Å². The third-order valence-electron chi connectivity index (χ3n) is 20.2. The third kappa shape index (κ3) is 15.1. The maximum Gasteiger partial charge on any atom is 2.00 e. The average Bonchev–Trinajstić information content (AvgIpc) is 1.63. The van der Waals surface area contributed by atoms with Gasteiger partial charge in [0.25, 0.3) is 23.6 Å². The summed E-state index contributed by atoms with van der Waals surface area (Å²) in [6, 6.07) is 58.9. The SMILES string of the molecule is C.CCOC(=O)C1(C(=O)OCC)Cc2cccc(c2)C(=O)Nc2ccccc2/C2=C3\C=CC(=N3)/C3=C4/C=CC([N-]4)C(C4=N/C(=C(\c5ccc2[n-]5)c2ccccc2NC(=O)c2cccc(c2)C1)C=C4)c1ccccc1NC(=O)c1cccc(c1)CC(C(=O)OCC)(C(=O)OCC)Cc1cccc(c1)C(=O)Nc1ccccc13.[Zn+2]. The molecule has 2 unspecified atom stereocenters. The van der Waals surface area contributed by atoms with Crippen LogP contribution in [0.3, 0.4) is 0 Å². The van der Waals surface area contributed by atoms with E-state index < -0.39 is 70.3 Å². The Hall–Kier alpha value is -13.0. The Labute approximate surface area is 660 Å². The first kappa shape index (κ1) is 77.2. The maximum atomic E-state index is 15.2. The molecule has 112 heavy (non-hydrogen) atoms. The molecule has 6 aliphatic rings. The van der Waals surface area contributed by atoms with Gasteiger partial charge in [0, 0.05) is 73.3 Å². The molecule has 0 radical (unpaired) electrons. The van der Waals surface area contributed by atoms with E-state index in [0.29, 0.717) is 124 Å². The Morgan fingerprint density at radius 1 is 0.411 bits per heavy atom. The predicted molar refractivity (Wildman–Crippen MR) is 427 cm³/mol. The van der Waals surface area contributed by atoms with Crippen LogP contribution in [-0.2, 0) is 83.3 Å². The van der Waals surface area contributed by atoms with E-state index in [2.05, 4.69) is 21.3 Å². The average molecular weight is 1540 g/mol. The molecule has 4 amide bonds. The van der Waals surface area contributed by atoms with Crippen LogP contribution in [0.2, 0.25) is 0 Å². The Kier molecular flexibility index (Phi) is 22.8. The van der Waals surface area contributed by atoms with Crippen molar-refractivity contribution in [1.29, 1.82) is 0 Å². The number of hydrogen-bond acceptors (Lipinski definition) is 14. The molecule has 2 atom stereocenters. The van der Waals surface area contributed by atoms with Crippen LogP contribution >= 0.6 is 0 Å². The van der Waals surface area contributed by atoms with E-state index >= 15 is 19.2 Å². The van der Waals surface area contributed by atoms with Gasteiger partial charge in [0.1, 0.15) is 0 Å². The molecule has 20 nitrogen and oxygen atoms in total. The largest absolute Gasteiger partial charge is 2.00 e. The number of amides is 4. The second-order valence-electron chi connectivity index (χ2n) is 27.2. The molecular formula is C91H78N8O12Zn. The number of aromatic nitrogens is 1. The van der Waals surface area contributed by atoms with Crippen molar-refractivity contribution in [2.45, 2.75) is 72.8 Å². The van der Waals surface area contributed by atoms with E-state index in [0.717, 1.165) is 0 Å². The number of aliphatic imine (C=N–C) groups is 2. The predicted octanol–water partition coefficient (Wildman–Crippen LogP) is 15.8. The molecule has 21 heteroatoms. The molecule has 4 N–H and O–H groups in total. The van der Waals surface area contributed by atoms with E-state index in [4.69, 9.17) is 39.2 Å². The summed E-state index contributed by atoms with van der Waals surface area (Å²) in [7, 11) is 0. The van der Waals surface area contributed by atoms with Gasteiger partial charge in [0.2, 0.25) is 0 Å². The number of benzene rings is 8. The van der Waals surface area contributed by atoms with Crippen LogP contribution in [0.5, 0.6) is 0 Å². The van der Waals surface area contributed by atoms with E-state index in [-0.39, 0.29) is 101 Å². The molecule has 0 aliphatic carbocycles. The number of fused-ring (bicyclic) bond motifs is 20. The van der Waals surface area contributed by atoms with Crippen molar-refractivity contribution < 1.29 is 76.8 Å². The molecule has 9 aromatic rings. The zero-order chi connectivity index (χ0) is 76.2. The summed E-state index contributed by atoms with van der Waals surface area (Å²) in [6.07, 6.45) is 10.4. The quantitative estimate of drug-likeness (QED) is 0.0477.